The average Bonchev–Trinajstić information content (AvgIpc) is 2.11. The average molecular weight is 185 g/mol. The molecule has 0 spiro atoms. The number of amidine groups is 1. The lowest BCUT2D eigenvalue weighted by Crippen LogP contribution is -2.17. The van der Waals surface area contributed by atoms with E-state index in [1.165, 1.54) is 6.07 Å². The highest BCUT2D eigenvalue weighted by atomic mass is 19.2. The number of rotatable bonds is 2. The van der Waals surface area contributed by atoms with Gasteiger partial charge in [0, 0.05) is 6.42 Å². The first-order valence-electron chi connectivity index (χ1n) is 3.59. The van der Waals surface area contributed by atoms with Crippen molar-refractivity contribution in [1.82, 2.24) is 0 Å². The highest BCUT2D eigenvalue weighted by Gasteiger charge is 2.03. The molecule has 0 aliphatic heterocycles. The van der Waals surface area contributed by atoms with Gasteiger partial charge in [-0.1, -0.05) is 6.07 Å². The predicted molar refractivity (Wildman–Crippen MR) is 45.9 cm³/mol. The molecule has 1 aromatic rings. The molecule has 0 saturated heterocycles. The van der Waals surface area contributed by atoms with Gasteiger partial charge < -0.3 is 11.6 Å². The van der Waals surface area contributed by atoms with E-state index in [0.717, 1.165) is 12.1 Å². The lowest BCUT2D eigenvalue weighted by Gasteiger charge is -2.00. The minimum absolute atomic E-state index is 0.172. The van der Waals surface area contributed by atoms with E-state index in [1.54, 1.807) is 0 Å². The number of hydrazone groups is 1. The largest absolute Gasteiger partial charge is 0.385 e. The van der Waals surface area contributed by atoms with Gasteiger partial charge in [-0.3, -0.25) is 0 Å². The lowest BCUT2D eigenvalue weighted by atomic mass is 10.1. The Bertz CT molecular complexity index is 336. The first-order chi connectivity index (χ1) is 6.13. The summed E-state index contributed by atoms with van der Waals surface area (Å²) in [5.41, 5.74) is 5.83. The van der Waals surface area contributed by atoms with E-state index in [2.05, 4.69) is 5.10 Å². The Morgan fingerprint density at radius 3 is 2.54 bits per heavy atom. The van der Waals surface area contributed by atoms with Crippen LogP contribution < -0.4 is 11.6 Å². The van der Waals surface area contributed by atoms with Crippen molar-refractivity contribution in [1.29, 1.82) is 0 Å². The Labute approximate surface area is 74.0 Å². The highest BCUT2D eigenvalue weighted by Crippen LogP contribution is 2.08. The molecule has 0 unspecified atom stereocenters. The van der Waals surface area contributed by atoms with Crippen LogP contribution in [0.2, 0.25) is 0 Å². The van der Waals surface area contributed by atoms with Crippen LogP contribution in [-0.2, 0) is 6.42 Å². The summed E-state index contributed by atoms with van der Waals surface area (Å²) < 4.78 is 25.1. The molecule has 4 N–H and O–H groups in total. The second-order valence-corrected chi connectivity index (χ2v) is 2.55. The van der Waals surface area contributed by atoms with Crippen molar-refractivity contribution in [3.05, 3.63) is 35.4 Å². The second-order valence-electron chi connectivity index (χ2n) is 2.55. The Morgan fingerprint density at radius 1 is 1.31 bits per heavy atom. The first-order valence-corrected chi connectivity index (χ1v) is 3.59. The van der Waals surface area contributed by atoms with Crippen LogP contribution in [0.4, 0.5) is 8.78 Å². The third-order valence-corrected chi connectivity index (χ3v) is 1.54. The summed E-state index contributed by atoms with van der Waals surface area (Å²) in [6.45, 7) is 0. The van der Waals surface area contributed by atoms with E-state index in [0.29, 0.717) is 5.56 Å². The molecule has 0 aliphatic rings. The smallest absolute Gasteiger partial charge is 0.159 e. The van der Waals surface area contributed by atoms with Crippen LogP contribution in [0.1, 0.15) is 5.56 Å². The van der Waals surface area contributed by atoms with Crippen molar-refractivity contribution < 1.29 is 8.78 Å². The van der Waals surface area contributed by atoms with Crippen LogP contribution in [0.5, 0.6) is 0 Å². The Balaban J connectivity index is 2.86. The predicted octanol–water partition coefficient (Wildman–Crippen LogP) is 0.738. The fourth-order valence-electron chi connectivity index (χ4n) is 0.904. The number of benzene rings is 1. The highest BCUT2D eigenvalue weighted by molar-refractivity contribution is 5.82. The van der Waals surface area contributed by atoms with Crippen molar-refractivity contribution in [2.75, 3.05) is 0 Å². The van der Waals surface area contributed by atoms with E-state index in [9.17, 15) is 8.78 Å². The van der Waals surface area contributed by atoms with Crippen molar-refractivity contribution in [3.63, 3.8) is 0 Å². The van der Waals surface area contributed by atoms with Crippen LogP contribution in [0.15, 0.2) is 23.3 Å². The van der Waals surface area contributed by atoms with Gasteiger partial charge in [0.1, 0.15) is 5.84 Å². The van der Waals surface area contributed by atoms with Crippen LogP contribution >= 0.6 is 0 Å². The molecule has 13 heavy (non-hydrogen) atoms. The van der Waals surface area contributed by atoms with Gasteiger partial charge in [0.15, 0.2) is 11.6 Å². The summed E-state index contributed by atoms with van der Waals surface area (Å²) in [6.07, 6.45) is 0.216. The normalized spacial score (nSPS) is 11.7. The standard InChI is InChI=1S/C8H9F2N3/c9-6-2-1-5(3-7(6)10)4-8(11)13-12/h1-3H,4,12H2,(H2,11,13). The maximum absolute atomic E-state index is 12.6. The summed E-state index contributed by atoms with van der Waals surface area (Å²) in [5, 5.41) is 3.21. The summed E-state index contributed by atoms with van der Waals surface area (Å²) in [6, 6.07) is 3.53. The lowest BCUT2D eigenvalue weighted by molar-refractivity contribution is 0.507. The first kappa shape index (κ1) is 9.44. The van der Waals surface area contributed by atoms with Gasteiger partial charge in [-0.15, -0.1) is 0 Å². The molecule has 0 amide bonds. The van der Waals surface area contributed by atoms with Gasteiger partial charge in [0.05, 0.1) is 0 Å². The maximum Gasteiger partial charge on any atom is 0.159 e. The Hall–Kier alpha value is -1.65. The van der Waals surface area contributed by atoms with E-state index in [1.807, 2.05) is 0 Å². The van der Waals surface area contributed by atoms with Crippen LogP contribution in [-0.4, -0.2) is 5.84 Å². The zero-order valence-electron chi connectivity index (χ0n) is 6.80. The van der Waals surface area contributed by atoms with Gasteiger partial charge in [0.25, 0.3) is 0 Å². The molecule has 0 aromatic heterocycles. The fraction of sp³-hybridized carbons (Fsp3) is 0.125. The molecule has 1 aromatic carbocycles. The zero-order chi connectivity index (χ0) is 9.84. The quantitative estimate of drug-likeness (QED) is 0.309. The molecule has 0 heterocycles. The van der Waals surface area contributed by atoms with E-state index < -0.39 is 11.6 Å². The number of hydrogen-bond acceptors (Lipinski definition) is 2. The second kappa shape index (κ2) is 3.84. The molecule has 0 radical (unpaired) electrons. The third-order valence-electron chi connectivity index (χ3n) is 1.54. The summed E-state index contributed by atoms with van der Waals surface area (Å²) in [7, 11) is 0. The fourth-order valence-corrected chi connectivity index (χ4v) is 0.904. The van der Waals surface area contributed by atoms with E-state index in [-0.39, 0.29) is 12.3 Å². The monoisotopic (exact) mass is 185 g/mol. The Morgan fingerprint density at radius 2 is 2.00 bits per heavy atom. The van der Waals surface area contributed by atoms with E-state index in [4.69, 9.17) is 11.6 Å². The molecule has 5 heteroatoms. The molecule has 0 aliphatic carbocycles. The number of nitrogens with two attached hydrogens (primary N) is 2. The van der Waals surface area contributed by atoms with Crippen molar-refractivity contribution in [2.24, 2.45) is 16.7 Å². The van der Waals surface area contributed by atoms with Crippen LogP contribution in [0.25, 0.3) is 0 Å². The molecule has 0 atom stereocenters. The molecule has 70 valence electrons. The molecule has 1 rings (SSSR count). The molecular formula is C8H9F2N3. The molecule has 0 fully saturated rings. The van der Waals surface area contributed by atoms with Gasteiger partial charge in [-0.25, -0.2) is 8.78 Å². The molecule has 0 bridgehead atoms. The number of hydrogen-bond donors (Lipinski definition) is 2. The van der Waals surface area contributed by atoms with Crippen molar-refractivity contribution in [2.45, 2.75) is 6.42 Å². The van der Waals surface area contributed by atoms with Crippen LogP contribution in [0.3, 0.4) is 0 Å². The summed E-state index contributed by atoms with van der Waals surface area (Å²) >= 11 is 0. The molecular weight excluding hydrogens is 176 g/mol. The van der Waals surface area contributed by atoms with Gasteiger partial charge in [-0.2, -0.15) is 5.10 Å². The minimum Gasteiger partial charge on any atom is -0.385 e. The summed E-state index contributed by atoms with van der Waals surface area (Å²) in [5.74, 6) is 3.27. The van der Waals surface area contributed by atoms with Gasteiger partial charge in [-0.05, 0) is 17.7 Å². The minimum atomic E-state index is -0.901. The SMILES string of the molecule is N/N=C(/N)Cc1ccc(F)c(F)c1. The molecule has 0 saturated carbocycles. The number of halogens is 2. The van der Waals surface area contributed by atoms with Crippen LogP contribution in [0, 0.1) is 11.6 Å². The topological polar surface area (TPSA) is 64.4 Å². The van der Waals surface area contributed by atoms with Gasteiger partial charge >= 0.3 is 0 Å². The maximum atomic E-state index is 12.6. The third kappa shape index (κ3) is 2.40. The van der Waals surface area contributed by atoms with Crippen molar-refractivity contribution >= 4 is 5.84 Å². The zero-order valence-corrected chi connectivity index (χ0v) is 6.80. The Kier molecular flexibility index (Phi) is 2.79. The van der Waals surface area contributed by atoms with Crippen molar-refractivity contribution in [3.8, 4) is 0 Å². The number of nitrogens with zero attached hydrogens (tertiary/aromatic N) is 1. The summed E-state index contributed by atoms with van der Waals surface area (Å²) in [4.78, 5) is 0. The van der Waals surface area contributed by atoms with Gasteiger partial charge in [0.2, 0.25) is 0 Å². The van der Waals surface area contributed by atoms with E-state index >= 15 is 0 Å². The molecule has 3 nitrogen and oxygen atoms in total.